The van der Waals surface area contributed by atoms with Crippen LogP contribution in [0.2, 0.25) is 0 Å². The summed E-state index contributed by atoms with van der Waals surface area (Å²) < 4.78 is 5.95. The molecule has 2 aliphatic rings. The molecule has 180 valence electrons. The number of aliphatic carboxylic acids is 1. The van der Waals surface area contributed by atoms with Gasteiger partial charge in [0.05, 0.1) is 12.3 Å². The fourth-order valence-corrected chi connectivity index (χ4v) is 4.53. The Morgan fingerprint density at radius 3 is 2.46 bits per heavy atom. The molecule has 0 aromatic heterocycles. The Labute approximate surface area is 208 Å². The molecule has 0 radical (unpaired) electrons. The fraction of sp³-hybridized carbons (Fsp3) is 0.323. The van der Waals surface area contributed by atoms with E-state index in [1.54, 1.807) is 6.92 Å². The lowest BCUT2D eigenvalue weighted by molar-refractivity contribution is -0.137. The largest absolute Gasteiger partial charge is 0.489 e. The van der Waals surface area contributed by atoms with Crippen LogP contribution in [0.1, 0.15) is 55.2 Å². The SMILES string of the molecule is CC#CC(CC(=O)O)c1ccc(OCc2ccc(CN3CC=C(C4=CCCC=C4)CC3)cc2)cc1. The van der Waals surface area contributed by atoms with E-state index in [2.05, 4.69) is 65.3 Å². The first-order chi connectivity index (χ1) is 17.1. The average Bonchev–Trinajstić information content (AvgIpc) is 2.89. The molecule has 1 unspecified atom stereocenters. The molecule has 0 saturated heterocycles. The number of hydrogen-bond acceptors (Lipinski definition) is 3. The Balaban J connectivity index is 1.26. The van der Waals surface area contributed by atoms with Crippen molar-refractivity contribution in [2.45, 2.75) is 51.7 Å². The molecule has 1 atom stereocenters. The molecule has 0 bridgehead atoms. The number of hydrogen-bond donors (Lipinski definition) is 1. The van der Waals surface area contributed by atoms with Crippen LogP contribution < -0.4 is 4.74 Å². The second-order valence-corrected chi connectivity index (χ2v) is 9.07. The molecule has 0 fully saturated rings. The van der Waals surface area contributed by atoms with Crippen molar-refractivity contribution in [1.29, 1.82) is 0 Å². The van der Waals surface area contributed by atoms with Gasteiger partial charge < -0.3 is 9.84 Å². The summed E-state index contributed by atoms with van der Waals surface area (Å²) in [4.78, 5) is 13.6. The molecule has 4 rings (SSSR count). The van der Waals surface area contributed by atoms with E-state index in [-0.39, 0.29) is 12.3 Å². The maximum atomic E-state index is 11.1. The zero-order valence-electron chi connectivity index (χ0n) is 20.4. The van der Waals surface area contributed by atoms with Crippen molar-refractivity contribution in [2.75, 3.05) is 13.1 Å². The third-order valence-corrected chi connectivity index (χ3v) is 6.47. The number of benzene rings is 2. The highest BCUT2D eigenvalue weighted by molar-refractivity contribution is 5.69. The Hall–Kier alpha value is -3.55. The quantitative estimate of drug-likeness (QED) is 0.443. The number of rotatable bonds is 9. The van der Waals surface area contributed by atoms with Gasteiger partial charge >= 0.3 is 5.97 Å². The van der Waals surface area contributed by atoms with E-state index in [4.69, 9.17) is 9.84 Å². The third kappa shape index (κ3) is 7.21. The van der Waals surface area contributed by atoms with E-state index in [0.717, 1.165) is 49.4 Å². The van der Waals surface area contributed by atoms with E-state index in [0.29, 0.717) is 6.61 Å². The van der Waals surface area contributed by atoms with Crippen LogP contribution in [0, 0.1) is 11.8 Å². The monoisotopic (exact) mass is 467 g/mol. The van der Waals surface area contributed by atoms with Crippen LogP contribution in [0.25, 0.3) is 0 Å². The van der Waals surface area contributed by atoms with Gasteiger partial charge in [-0.25, -0.2) is 0 Å². The molecular weight excluding hydrogens is 434 g/mol. The molecule has 0 amide bonds. The van der Waals surface area contributed by atoms with Crippen LogP contribution in [0.4, 0.5) is 0 Å². The Bertz CT molecular complexity index is 1160. The summed E-state index contributed by atoms with van der Waals surface area (Å²) in [5.41, 5.74) is 6.24. The van der Waals surface area contributed by atoms with Crippen molar-refractivity contribution in [2.24, 2.45) is 0 Å². The van der Waals surface area contributed by atoms with E-state index >= 15 is 0 Å². The topological polar surface area (TPSA) is 49.8 Å². The first kappa shape index (κ1) is 24.6. The zero-order valence-corrected chi connectivity index (χ0v) is 20.4. The number of ether oxygens (including phenoxy) is 1. The second-order valence-electron chi connectivity index (χ2n) is 9.07. The summed E-state index contributed by atoms with van der Waals surface area (Å²) in [7, 11) is 0. The van der Waals surface area contributed by atoms with Gasteiger partial charge in [0.1, 0.15) is 12.4 Å². The standard InChI is InChI=1S/C31H33NO3/c1-2-6-29(21-31(33)34)27-13-15-30(16-14-27)35-23-25-11-9-24(10-12-25)22-32-19-17-28(18-20-32)26-7-4-3-5-8-26/h4,7-17,29H,3,5,18-23H2,1H3,(H,33,34). The summed E-state index contributed by atoms with van der Waals surface area (Å²) in [6, 6.07) is 16.2. The number of nitrogens with zero attached hydrogens (tertiary/aromatic N) is 1. The lowest BCUT2D eigenvalue weighted by Crippen LogP contribution is -2.28. The number of allylic oxidation sites excluding steroid dienone is 4. The van der Waals surface area contributed by atoms with Gasteiger partial charge in [0.2, 0.25) is 0 Å². The molecule has 1 aliphatic heterocycles. The van der Waals surface area contributed by atoms with Gasteiger partial charge in [0.15, 0.2) is 0 Å². The highest BCUT2D eigenvalue weighted by Gasteiger charge is 2.15. The van der Waals surface area contributed by atoms with Crippen LogP contribution in [0.15, 0.2) is 84.0 Å². The first-order valence-corrected chi connectivity index (χ1v) is 12.3. The number of carboxylic acids is 1. The van der Waals surface area contributed by atoms with E-state index in [1.807, 2.05) is 24.3 Å². The number of carboxylic acid groups (broad SMARTS) is 1. The van der Waals surface area contributed by atoms with E-state index < -0.39 is 5.97 Å². The van der Waals surface area contributed by atoms with Gasteiger partial charge in [-0.1, -0.05) is 66.6 Å². The van der Waals surface area contributed by atoms with Crippen molar-refractivity contribution < 1.29 is 14.6 Å². The van der Waals surface area contributed by atoms with Crippen molar-refractivity contribution in [1.82, 2.24) is 4.90 Å². The van der Waals surface area contributed by atoms with Crippen molar-refractivity contribution in [3.05, 3.63) is 101 Å². The molecule has 0 saturated carbocycles. The minimum atomic E-state index is -0.849. The maximum absolute atomic E-state index is 11.1. The summed E-state index contributed by atoms with van der Waals surface area (Å²) in [5, 5.41) is 9.11. The van der Waals surface area contributed by atoms with Crippen molar-refractivity contribution in [3.8, 4) is 17.6 Å². The Kier molecular flexibility index (Phi) is 8.59. The Morgan fingerprint density at radius 1 is 1.06 bits per heavy atom. The lowest BCUT2D eigenvalue weighted by Gasteiger charge is -2.27. The minimum absolute atomic E-state index is 0.00228. The van der Waals surface area contributed by atoms with Gasteiger partial charge in [-0.05, 0) is 66.2 Å². The molecule has 1 heterocycles. The summed E-state index contributed by atoms with van der Waals surface area (Å²) in [5.74, 6) is 5.41. The highest BCUT2D eigenvalue weighted by Crippen LogP contribution is 2.25. The van der Waals surface area contributed by atoms with Crippen LogP contribution in [0.5, 0.6) is 5.75 Å². The second kappa shape index (κ2) is 12.2. The first-order valence-electron chi connectivity index (χ1n) is 12.3. The minimum Gasteiger partial charge on any atom is -0.489 e. The average molecular weight is 468 g/mol. The molecule has 4 nitrogen and oxygen atoms in total. The van der Waals surface area contributed by atoms with Crippen LogP contribution in [0.3, 0.4) is 0 Å². The lowest BCUT2D eigenvalue weighted by atomic mass is 9.95. The smallest absolute Gasteiger partial charge is 0.304 e. The van der Waals surface area contributed by atoms with Gasteiger partial charge in [-0.15, -0.1) is 5.92 Å². The van der Waals surface area contributed by atoms with Crippen molar-refractivity contribution in [3.63, 3.8) is 0 Å². The van der Waals surface area contributed by atoms with E-state index in [1.165, 1.54) is 23.1 Å². The number of carbonyl (C=O) groups is 1. The molecular formula is C31H33NO3. The normalized spacial score (nSPS) is 16.5. The van der Waals surface area contributed by atoms with Gasteiger partial charge in [0, 0.05) is 19.6 Å². The highest BCUT2D eigenvalue weighted by atomic mass is 16.5. The molecule has 1 N–H and O–H groups in total. The van der Waals surface area contributed by atoms with E-state index in [9.17, 15) is 4.79 Å². The predicted molar refractivity (Wildman–Crippen MR) is 140 cm³/mol. The van der Waals surface area contributed by atoms with Gasteiger partial charge in [-0.2, -0.15) is 0 Å². The molecule has 2 aromatic rings. The van der Waals surface area contributed by atoms with Crippen molar-refractivity contribution >= 4 is 5.97 Å². The molecule has 1 aliphatic carbocycles. The zero-order chi connectivity index (χ0) is 24.5. The van der Waals surface area contributed by atoms with Crippen LogP contribution in [-0.2, 0) is 17.9 Å². The van der Waals surface area contributed by atoms with Gasteiger partial charge in [-0.3, -0.25) is 9.69 Å². The summed E-state index contributed by atoms with van der Waals surface area (Å²) in [6.45, 7) is 5.27. The maximum Gasteiger partial charge on any atom is 0.304 e. The van der Waals surface area contributed by atoms with Gasteiger partial charge in [0.25, 0.3) is 0 Å². The molecule has 2 aromatic carbocycles. The third-order valence-electron chi connectivity index (χ3n) is 6.47. The molecule has 35 heavy (non-hydrogen) atoms. The fourth-order valence-electron chi connectivity index (χ4n) is 4.53. The van der Waals surface area contributed by atoms with Crippen LogP contribution >= 0.6 is 0 Å². The van der Waals surface area contributed by atoms with Crippen LogP contribution in [-0.4, -0.2) is 29.1 Å². The molecule has 4 heteroatoms. The predicted octanol–water partition coefficient (Wildman–Crippen LogP) is 6.26. The summed E-state index contributed by atoms with van der Waals surface area (Å²) >= 11 is 0. The Morgan fingerprint density at radius 2 is 1.83 bits per heavy atom. The summed E-state index contributed by atoms with van der Waals surface area (Å²) in [6.07, 6.45) is 12.8. The molecule has 0 spiro atoms.